The molecule has 1 unspecified atom stereocenters. The average molecular weight is 275 g/mol. The molecule has 0 N–H and O–H groups in total. The van der Waals surface area contributed by atoms with Gasteiger partial charge in [-0.1, -0.05) is 20.3 Å². The highest BCUT2D eigenvalue weighted by Crippen LogP contribution is 2.35. The van der Waals surface area contributed by atoms with Gasteiger partial charge in [-0.25, -0.2) is 4.98 Å². The van der Waals surface area contributed by atoms with E-state index in [0.29, 0.717) is 11.8 Å². The summed E-state index contributed by atoms with van der Waals surface area (Å²) in [6, 6.07) is 0.167. The molecule has 110 valence electrons. The minimum Gasteiger partial charge on any atom is -0.333 e. The molecule has 1 aromatic heterocycles. The first-order valence-corrected chi connectivity index (χ1v) is 7.98. The van der Waals surface area contributed by atoms with Crippen molar-refractivity contribution >= 4 is 5.91 Å². The van der Waals surface area contributed by atoms with E-state index in [9.17, 15) is 4.79 Å². The summed E-state index contributed by atoms with van der Waals surface area (Å²) in [6.45, 7) is 6.32. The number of amides is 1. The van der Waals surface area contributed by atoms with Crippen LogP contribution in [0.5, 0.6) is 0 Å². The lowest BCUT2D eigenvalue weighted by Gasteiger charge is -2.36. The zero-order valence-electron chi connectivity index (χ0n) is 12.6. The number of aryl methyl sites for hydroxylation is 1. The van der Waals surface area contributed by atoms with Gasteiger partial charge in [0, 0.05) is 31.4 Å². The molecule has 0 spiro atoms. The number of carbonyl (C=O) groups excluding carboxylic acids is 1. The van der Waals surface area contributed by atoms with Gasteiger partial charge in [0.05, 0.1) is 6.04 Å². The Labute approximate surface area is 121 Å². The second-order valence-corrected chi connectivity index (χ2v) is 6.64. The average Bonchev–Trinajstić information content (AvgIpc) is 2.72. The van der Waals surface area contributed by atoms with E-state index in [-0.39, 0.29) is 12.0 Å². The van der Waals surface area contributed by atoms with Crippen molar-refractivity contribution in [3.63, 3.8) is 0 Å². The number of aromatic nitrogens is 2. The SMILES string of the molecule is CC(C)CC1c2nccn2CCCN1C(=O)C1CCC1. The number of hydrogen-bond acceptors (Lipinski definition) is 2. The van der Waals surface area contributed by atoms with E-state index in [0.717, 1.165) is 44.6 Å². The van der Waals surface area contributed by atoms with Crippen LogP contribution in [-0.2, 0) is 11.3 Å². The molecule has 1 atom stereocenters. The maximum Gasteiger partial charge on any atom is 0.226 e. The van der Waals surface area contributed by atoms with Crippen LogP contribution >= 0.6 is 0 Å². The lowest BCUT2D eigenvalue weighted by Crippen LogP contribution is -2.42. The van der Waals surface area contributed by atoms with E-state index in [4.69, 9.17) is 0 Å². The fourth-order valence-electron chi connectivity index (χ4n) is 3.35. The number of imidazole rings is 1. The van der Waals surface area contributed by atoms with Gasteiger partial charge in [0.25, 0.3) is 0 Å². The standard InChI is InChI=1S/C16H25N3O/c1-12(2)11-14-15-17-7-10-18(15)8-4-9-19(14)16(20)13-5-3-6-13/h7,10,12-14H,3-6,8-9,11H2,1-2H3. The lowest BCUT2D eigenvalue weighted by atomic mass is 9.83. The van der Waals surface area contributed by atoms with Crippen molar-refractivity contribution in [1.82, 2.24) is 14.5 Å². The van der Waals surface area contributed by atoms with Gasteiger partial charge >= 0.3 is 0 Å². The molecule has 1 amide bonds. The number of hydrogen-bond donors (Lipinski definition) is 0. The second-order valence-electron chi connectivity index (χ2n) is 6.64. The van der Waals surface area contributed by atoms with Crippen LogP contribution in [0.15, 0.2) is 12.4 Å². The van der Waals surface area contributed by atoms with E-state index < -0.39 is 0 Å². The topological polar surface area (TPSA) is 38.1 Å². The lowest BCUT2D eigenvalue weighted by molar-refractivity contribution is -0.141. The minimum atomic E-state index is 0.167. The highest BCUT2D eigenvalue weighted by atomic mass is 16.2. The Balaban J connectivity index is 1.88. The van der Waals surface area contributed by atoms with Crippen LogP contribution in [0, 0.1) is 11.8 Å². The largest absolute Gasteiger partial charge is 0.333 e. The quantitative estimate of drug-likeness (QED) is 0.850. The summed E-state index contributed by atoms with van der Waals surface area (Å²) >= 11 is 0. The summed E-state index contributed by atoms with van der Waals surface area (Å²) in [6.07, 6.45) is 9.36. The van der Waals surface area contributed by atoms with Crippen LogP contribution in [0.2, 0.25) is 0 Å². The van der Waals surface area contributed by atoms with Gasteiger partial charge in [-0.2, -0.15) is 0 Å². The first-order valence-electron chi connectivity index (χ1n) is 7.98. The molecule has 1 fully saturated rings. The van der Waals surface area contributed by atoms with Crippen LogP contribution in [-0.4, -0.2) is 26.9 Å². The molecule has 1 aromatic rings. The molecule has 0 radical (unpaired) electrons. The van der Waals surface area contributed by atoms with Crippen molar-refractivity contribution in [1.29, 1.82) is 0 Å². The Kier molecular flexibility index (Phi) is 3.81. The molecule has 0 bridgehead atoms. The summed E-state index contributed by atoms with van der Waals surface area (Å²) < 4.78 is 2.24. The van der Waals surface area contributed by atoms with Crippen LogP contribution in [0.1, 0.15) is 57.8 Å². The summed E-state index contributed by atoms with van der Waals surface area (Å²) in [7, 11) is 0. The van der Waals surface area contributed by atoms with Crippen molar-refractivity contribution in [3.8, 4) is 0 Å². The van der Waals surface area contributed by atoms with E-state index in [1.807, 2.05) is 6.20 Å². The Bertz CT molecular complexity index is 476. The molecule has 4 heteroatoms. The summed E-state index contributed by atoms with van der Waals surface area (Å²) in [4.78, 5) is 19.4. The predicted octanol–water partition coefficient (Wildman–Crippen LogP) is 3.00. The molecule has 2 aliphatic rings. The third-order valence-electron chi connectivity index (χ3n) is 4.65. The molecule has 1 aliphatic carbocycles. The maximum atomic E-state index is 12.7. The van der Waals surface area contributed by atoms with Gasteiger partial charge in [-0.15, -0.1) is 0 Å². The van der Waals surface area contributed by atoms with Crippen molar-refractivity contribution in [2.45, 2.75) is 58.5 Å². The smallest absolute Gasteiger partial charge is 0.226 e. The van der Waals surface area contributed by atoms with Crippen molar-refractivity contribution in [2.24, 2.45) is 11.8 Å². The Hall–Kier alpha value is -1.32. The molecular formula is C16H25N3O. The fourth-order valence-corrected chi connectivity index (χ4v) is 3.35. The van der Waals surface area contributed by atoms with Crippen molar-refractivity contribution < 1.29 is 4.79 Å². The van der Waals surface area contributed by atoms with Crippen LogP contribution < -0.4 is 0 Å². The zero-order valence-corrected chi connectivity index (χ0v) is 12.6. The number of carbonyl (C=O) groups is 1. The molecule has 3 rings (SSSR count). The van der Waals surface area contributed by atoms with Crippen molar-refractivity contribution in [3.05, 3.63) is 18.2 Å². The van der Waals surface area contributed by atoms with Gasteiger partial charge in [-0.3, -0.25) is 4.79 Å². The highest BCUT2D eigenvalue weighted by molar-refractivity contribution is 5.80. The van der Waals surface area contributed by atoms with E-state index in [1.54, 1.807) is 0 Å². The molecular weight excluding hydrogens is 250 g/mol. The van der Waals surface area contributed by atoms with E-state index in [1.165, 1.54) is 6.42 Å². The van der Waals surface area contributed by atoms with Gasteiger partial charge in [0.1, 0.15) is 5.82 Å². The fraction of sp³-hybridized carbons (Fsp3) is 0.750. The highest BCUT2D eigenvalue weighted by Gasteiger charge is 2.36. The summed E-state index contributed by atoms with van der Waals surface area (Å²) in [5, 5.41) is 0. The molecule has 1 saturated carbocycles. The molecule has 0 aromatic carbocycles. The van der Waals surface area contributed by atoms with Crippen LogP contribution in [0.4, 0.5) is 0 Å². The van der Waals surface area contributed by atoms with Gasteiger partial charge in [0.15, 0.2) is 0 Å². The normalized spacial score (nSPS) is 23.4. The summed E-state index contributed by atoms with van der Waals surface area (Å²) in [5.41, 5.74) is 0. The van der Waals surface area contributed by atoms with E-state index in [2.05, 4.69) is 34.5 Å². The second kappa shape index (κ2) is 5.58. The molecule has 20 heavy (non-hydrogen) atoms. The van der Waals surface area contributed by atoms with Gasteiger partial charge in [-0.05, 0) is 31.6 Å². The Morgan fingerprint density at radius 3 is 2.80 bits per heavy atom. The van der Waals surface area contributed by atoms with Crippen LogP contribution in [0.25, 0.3) is 0 Å². The summed E-state index contributed by atoms with van der Waals surface area (Å²) in [5.74, 6) is 2.31. The zero-order chi connectivity index (χ0) is 14.1. The molecule has 2 heterocycles. The predicted molar refractivity (Wildman–Crippen MR) is 78.1 cm³/mol. The van der Waals surface area contributed by atoms with Gasteiger partial charge in [0.2, 0.25) is 5.91 Å². The Morgan fingerprint density at radius 1 is 1.35 bits per heavy atom. The van der Waals surface area contributed by atoms with Crippen molar-refractivity contribution in [2.75, 3.05) is 6.54 Å². The number of rotatable bonds is 3. The third-order valence-corrected chi connectivity index (χ3v) is 4.65. The number of fused-ring (bicyclic) bond motifs is 1. The van der Waals surface area contributed by atoms with Crippen LogP contribution in [0.3, 0.4) is 0 Å². The molecule has 1 aliphatic heterocycles. The van der Waals surface area contributed by atoms with Gasteiger partial charge < -0.3 is 9.47 Å². The molecule has 4 nitrogen and oxygen atoms in total. The van der Waals surface area contributed by atoms with E-state index >= 15 is 0 Å². The minimum absolute atomic E-state index is 0.167. The number of nitrogens with zero attached hydrogens (tertiary/aromatic N) is 3. The third kappa shape index (κ3) is 2.48. The first-order chi connectivity index (χ1) is 9.66. The first kappa shape index (κ1) is 13.7. The molecule has 0 saturated heterocycles. The Morgan fingerprint density at radius 2 is 2.15 bits per heavy atom. The monoisotopic (exact) mass is 275 g/mol. The maximum absolute atomic E-state index is 12.7.